The average molecular weight is 397 g/mol. The smallest absolute Gasteiger partial charge is 0.335 e. The lowest BCUT2D eigenvalue weighted by Crippen LogP contribution is -2.37. The predicted molar refractivity (Wildman–Crippen MR) is 98.7 cm³/mol. The van der Waals surface area contributed by atoms with Crippen molar-refractivity contribution < 1.29 is 23.1 Å². The summed E-state index contributed by atoms with van der Waals surface area (Å²) >= 11 is 6.31. The molecule has 0 radical (unpaired) electrons. The number of rotatable bonds is 5. The van der Waals surface area contributed by atoms with Crippen molar-refractivity contribution in [2.45, 2.75) is 4.90 Å². The van der Waals surface area contributed by atoms with E-state index in [1.54, 1.807) is 18.2 Å². The fourth-order valence-electron chi connectivity index (χ4n) is 2.71. The van der Waals surface area contributed by atoms with Gasteiger partial charge in [0.1, 0.15) is 0 Å². The highest BCUT2D eigenvalue weighted by atomic mass is 35.5. The number of anilines is 2. The second-order valence-electron chi connectivity index (χ2n) is 5.67. The molecule has 2 aromatic rings. The largest absolute Gasteiger partial charge is 0.478 e. The second kappa shape index (κ2) is 7.53. The van der Waals surface area contributed by atoms with E-state index in [0.29, 0.717) is 42.7 Å². The number of hydrogen-bond acceptors (Lipinski definition) is 5. The minimum atomic E-state index is -3.98. The number of carboxylic acid groups (broad SMARTS) is 1. The number of ether oxygens (including phenoxy) is 1. The maximum atomic E-state index is 12.7. The molecule has 2 aromatic carbocycles. The van der Waals surface area contributed by atoms with Crippen LogP contribution in [0.5, 0.6) is 0 Å². The molecule has 0 amide bonds. The summed E-state index contributed by atoms with van der Waals surface area (Å²) < 4.78 is 33.3. The lowest BCUT2D eigenvalue weighted by atomic mass is 10.2. The van der Waals surface area contributed by atoms with Crippen molar-refractivity contribution in [1.82, 2.24) is 0 Å². The second-order valence-corrected chi connectivity index (χ2v) is 7.76. The maximum Gasteiger partial charge on any atom is 0.335 e. The van der Waals surface area contributed by atoms with Gasteiger partial charge in [0, 0.05) is 13.1 Å². The summed E-state index contributed by atoms with van der Waals surface area (Å²) in [6.07, 6.45) is 0. The first-order valence-corrected chi connectivity index (χ1v) is 9.72. The molecular formula is C17H17ClN2O5S. The van der Waals surface area contributed by atoms with Crippen molar-refractivity contribution in [3.63, 3.8) is 0 Å². The number of halogens is 1. The molecule has 0 atom stereocenters. The Morgan fingerprint density at radius 2 is 1.85 bits per heavy atom. The molecule has 7 nitrogen and oxygen atoms in total. The van der Waals surface area contributed by atoms with Gasteiger partial charge in [-0.1, -0.05) is 23.7 Å². The molecule has 1 aliphatic rings. The lowest BCUT2D eigenvalue weighted by Gasteiger charge is -2.31. The SMILES string of the molecule is O=C(O)c1cccc(S(=O)(=O)Nc2cccc(Cl)c2N2CCOCC2)c1. The van der Waals surface area contributed by atoms with Crippen molar-refractivity contribution in [1.29, 1.82) is 0 Å². The number of nitrogens with zero attached hydrogens (tertiary/aromatic N) is 1. The highest BCUT2D eigenvalue weighted by Crippen LogP contribution is 2.35. The van der Waals surface area contributed by atoms with Crippen molar-refractivity contribution in [3.05, 3.63) is 53.1 Å². The van der Waals surface area contributed by atoms with Gasteiger partial charge in [0.05, 0.1) is 40.1 Å². The first-order valence-electron chi connectivity index (χ1n) is 7.86. The summed E-state index contributed by atoms with van der Waals surface area (Å²) in [4.78, 5) is 12.9. The first-order chi connectivity index (χ1) is 12.4. The van der Waals surface area contributed by atoms with Crippen LogP contribution in [0.4, 0.5) is 11.4 Å². The van der Waals surface area contributed by atoms with Crippen molar-refractivity contribution in [2.24, 2.45) is 0 Å². The summed E-state index contributed by atoms with van der Waals surface area (Å²) in [6, 6.07) is 10.1. The Kier molecular flexibility index (Phi) is 5.36. The van der Waals surface area contributed by atoms with E-state index in [1.165, 1.54) is 18.2 Å². The molecule has 138 valence electrons. The van der Waals surface area contributed by atoms with Crippen molar-refractivity contribution >= 4 is 39.0 Å². The number of nitrogens with one attached hydrogen (secondary N) is 1. The monoisotopic (exact) mass is 396 g/mol. The van der Waals surface area contributed by atoms with Crippen LogP contribution in [-0.4, -0.2) is 45.8 Å². The molecule has 2 N–H and O–H groups in total. The summed E-state index contributed by atoms with van der Waals surface area (Å²) in [6.45, 7) is 2.23. The van der Waals surface area contributed by atoms with Crippen molar-refractivity contribution in [2.75, 3.05) is 35.9 Å². The number of para-hydroxylation sites is 1. The highest BCUT2D eigenvalue weighted by Gasteiger charge is 2.22. The lowest BCUT2D eigenvalue weighted by molar-refractivity contribution is 0.0696. The van der Waals surface area contributed by atoms with E-state index in [-0.39, 0.29) is 10.5 Å². The number of sulfonamides is 1. The first kappa shape index (κ1) is 18.5. The fourth-order valence-corrected chi connectivity index (χ4v) is 4.11. The van der Waals surface area contributed by atoms with Gasteiger partial charge < -0.3 is 14.7 Å². The van der Waals surface area contributed by atoms with Crippen LogP contribution in [0.15, 0.2) is 47.4 Å². The zero-order valence-corrected chi connectivity index (χ0v) is 15.3. The quantitative estimate of drug-likeness (QED) is 0.806. The molecule has 1 aliphatic heterocycles. The Labute approximate surface area is 156 Å². The van der Waals surface area contributed by atoms with E-state index in [9.17, 15) is 13.2 Å². The fraction of sp³-hybridized carbons (Fsp3) is 0.235. The van der Waals surface area contributed by atoms with Crippen molar-refractivity contribution in [3.8, 4) is 0 Å². The Morgan fingerprint density at radius 1 is 1.15 bits per heavy atom. The van der Waals surface area contributed by atoms with Gasteiger partial charge in [-0.3, -0.25) is 4.72 Å². The molecule has 1 fully saturated rings. The molecule has 26 heavy (non-hydrogen) atoms. The van der Waals surface area contributed by atoms with Crippen LogP contribution in [0.1, 0.15) is 10.4 Å². The molecular weight excluding hydrogens is 380 g/mol. The number of aromatic carboxylic acids is 1. The molecule has 9 heteroatoms. The Morgan fingerprint density at radius 3 is 2.54 bits per heavy atom. The van der Waals surface area contributed by atoms with Gasteiger partial charge in [0.2, 0.25) is 0 Å². The zero-order valence-electron chi connectivity index (χ0n) is 13.7. The molecule has 0 aliphatic carbocycles. The zero-order chi connectivity index (χ0) is 18.7. The Hall–Kier alpha value is -2.29. The third kappa shape index (κ3) is 3.92. The molecule has 0 aromatic heterocycles. The van der Waals surface area contributed by atoms with Gasteiger partial charge in [-0.05, 0) is 30.3 Å². The third-order valence-electron chi connectivity index (χ3n) is 3.95. The minimum Gasteiger partial charge on any atom is -0.478 e. The van der Waals surface area contributed by atoms with Crippen LogP contribution in [0.2, 0.25) is 5.02 Å². The van der Waals surface area contributed by atoms with E-state index in [0.717, 1.165) is 6.07 Å². The van der Waals surface area contributed by atoms with Crippen LogP contribution in [0, 0.1) is 0 Å². The number of carbonyl (C=O) groups is 1. The normalized spacial score (nSPS) is 14.9. The number of morpholine rings is 1. The number of benzene rings is 2. The van der Waals surface area contributed by atoms with Crippen LogP contribution < -0.4 is 9.62 Å². The Balaban J connectivity index is 1.96. The topological polar surface area (TPSA) is 95.9 Å². The minimum absolute atomic E-state index is 0.104. The van der Waals surface area contributed by atoms with E-state index >= 15 is 0 Å². The van der Waals surface area contributed by atoms with Crippen LogP contribution in [-0.2, 0) is 14.8 Å². The summed E-state index contributed by atoms with van der Waals surface area (Å²) in [5, 5.41) is 9.49. The maximum absolute atomic E-state index is 12.7. The summed E-state index contributed by atoms with van der Waals surface area (Å²) in [5.74, 6) is -1.20. The molecule has 1 saturated heterocycles. The molecule has 0 bridgehead atoms. The summed E-state index contributed by atoms with van der Waals surface area (Å²) in [5.41, 5.74) is 0.808. The molecule has 0 spiro atoms. The Bertz CT molecular complexity index is 927. The van der Waals surface area contributed by atoms with E-state index in [4.69, 9.17) is 21.4 Å². The molecule has 0 unspecified atom stereocenters. The van der Waals surface area contributed by atoms with E-state index in [1.807, 2.05) is 4.90 Å². The van der Waals surface area contributed by atoms with E-state index in [2.05, 4.69) is 4.72 Å². The molecule has 0 saturated carbocycles. The standard InChI is InChI=1S/C17H17ClN2O5S/c18-14-5-2-6-15(16(14)20-7-9-25-10-8-20)19-26(23,24)13-4-1-3-12(11-13)17(21)22/h1-6,11,19H,7-10H2,(H,21,22). The van der Waals surface area contributed by atoms with Gasteiger partial charge in [-0.2, -0.15) is 0 Å². The average Bonchev–Trinajstić information content (AvgIpc) is 2.62. The van der Waals surface area contributed by atoms with Gasteiger partial charge >= 0.3 is 5.97 Å². The molecule has 3 rings (SSSR count). The van der Waals surface area contributed by atoms with Gasteiger partial charge in [0.15, 0.2) is 0 Å². The third-order valence-corrected chi connectivity index (χ3v) is 5.62. The highest BCUT2D eigenvalue weighted by molar-refractivity contribution is 7.92. The van der Waals surface area contributed by atoms with Crippen LogP contribution in [0.25, 0.3) is 0 Å². The summed E-state index contributed by atoms with van der Waals surface area (Å²) in [7, 11) is -3.98. The van der Waals surface area contributed by atoms with E-state index < -0.39 is 16.0 Å². The van der Waals surface area contributed by atoms with Gasteiger partial charge in [0.25, 0.3) is 10.0 Å². The predicted octanol–water partition coefficient (Wildman–Crippen LogP) is 2.68. The molecule has 1 heterocycles. The van der Waals surface area contributed by atoms with Gasteiger partial charge in [-0.25, -0.2) is 13.2 Å². The number of hydrogen-bond donors (Lipinski definition) is 2. The number of carboxylic acids is 1. The van der Waals surface area contributed by atoms with Crippen LogP contribution >= 0.6 is 11.6 Å². The van der Waals surface area contributed by atoms with Gasteiger partial charge in [-0.15, -0.1) is 0 Å². The van der Waals surface area contributed by atoms with Crippen LogP contribution in [0.3, 0.4) is 0 Å².